The number of carboxylic acids is 2. The Kier molecular flexibility index (Phi) is 26.4. The predicted octanol–water partition coefficient (Wildman–Crippen LogP) is 6.79. The molecule has 0 saturated carbocycles. The number of benzene rings is 4. The molecule has 0 fully saturated rings. The molecule has 3 amide bonds. The Balaban J connectivity index is 0.000000313. The van der Waals surface area contributed by atoms with Gasteiger partial charge in [-0.25, -0.2) is 9.59 Å². The van der Waals surface area contributed by atoms with Crippen LogP contribution in [-0.4, -0.2) is 114 Å². The SMILES string of the molecule is CC(C)[C@H](CC(=O)OCc1ccccc1)C(=O)N[C@@H](C)C(=O)C[C@@H](CC(=O)O)C(=O)COC1=C(Cc2ccccc2)C(=O)OC1.CC(C)[C@H](NC(=O)OCc1ccccc1)C(=O)C[C@@H](CC(=O)O)C(=O)COC1=C(Cc2ccccc2)C(=O)NC1. The standard InChI is InChI=1S/C34H39NO10.C30H34N2O8/c1-21(2)26(17-32(40)44-18-24-12-8-5-9-13-24)33(41)35-22(3)28(36)15-25(16-31(38)39)29(37)19-43-30-20-45-34(42)27(30)14-23-10-6-4-7-11-23;1-19(2)28(32-30(38)40-17-21-11-7-4-8-12-21)24(33)14-22(15-27(35)36)25(34)18-39-26-16-31-29(37)23(26)13-20-9-5-3-6-10-20/h4-13,21-22,25-26H,14-20H2,1-3H3,(H,35,41)(H,38,39);3-12,19,22,28H,13-18H2,1-2H3,(H,31,37)(H,32,38)(H,35,36)/t22-,25-,26-;22-,28-/m00/s1. The highest BCUT2D eigenvalue weighted by molar-refractivity contribution is 5.98. The number of hydrogen-bond acceptors (Lipinski definition) is 16. The quantitative estimate of drug-likeness (QED) is 0.0242. The van der Waals surface area contributed by atoms with Gasteiger partial charge in [0.05, 0.1) is 55.0 Å². The van der Waals surface area contributed by atoms with Gasteiger partial charge in [-0.2, -0.15) is 0 Å². The lowest BCUT2D eigenvalue weighted by atomic mass is 9.88. The number of nitrogens with one attached hydrogen (secondary N) is 3. The van der Waals surface area contributed by atoms with Gasteiger partial charge in [-0.1, -0.05) is 149 Å². The summed E-state index contributed by atoms with van der Waals surface area (Å²) >= 11 is 0. The van der Waals surface area contributed by atoms with Gasteiger partial charge in [-0.3, -0.25) is 43.2 Å². The lowest BCUT2D eigenvalue weighted by Gasteiger charge is -2.23. The van der Waals surface area contributed by atoms with Crippen LogP contribution in [0.4, 0.5) is 4.79 Å². The summed E-state index contributed by atoms with van der Waals surface area (Å²) in [5.41, 5.74) is 3.97. The number of esters is 2. The Morgan fingerprint density at radius 1 is 0.529 bits per heavy atom. The number of carbonyl (C=O) groups excluding carboxylic acids is 9. The van der Waals surface area contributed by atoms with Crippen LogP contribution in [0.3, 0.4) is 0 Å². The molecular weight excluding hydrogens is 1100 g/mol. The molecule has 4 aromatic carbocycles. The number of cyclic esters (lactones) is 1. The summed E-state index contributed by atoms with van der Waals surface area (Å²) in [5.74, 6) is -10.0. The second-order valence-electron chi connectivity index (χ2n) is 21.2. The van der Waals surface area contributed by atoms with Crippen molar-refractivity contribution in [2.75, 3.05) is 26.4 Å². The molecule has 5 N–H and O–H groups in total. The lowest BCUT2D eigenvalue weighted by Crippen LogP contribution is -2.45. The molecule has 85 heavy (non-hydrogen) atoms. The Morgan fingerprint density at radius 3 is 1.47 bits per heavy atom. The van der Waals surface area contributed by atoms with Crippen molar-refractivity contribution in [2.24, 2.45) is 29.6 Å². The van der Waals surface area contributed by atoms with Crippen molar-refractivity contribution in [1.29, 1.82) is 0 Å². The minimum Gasteiger partial charge on any atom is -0.488 e. The van der Waals surface area contributed by atoms with E-state index in [4.69, 9.17) is 23.7 Å². The summed E-state index contributed by atoms with van der Waals surface area (Å²) < 4.78 is 26.8. The summed E-state index contributed by atoms with van der Waals surface area (Å²) in [6.07, 6.45) is -2.49. The zero-order chi connectivity index (χ0) is 62.0. The van der Waals surface area contributed by atoms with Gasteiger partial charge in [0.15, 0.2) is 23.1 Å². The molecule has 0 aromatic heterocycles. The number of aliphatic carboxylic acids is 2. The summed E-state index contributed by atoms with van der Waals surface area (Å²) in [6.45, 7) is 7.41. The van der Waals surface area contributed by atoms with Crippen LogP contribution >= 0.6 is 0 Å². The van der Waals surface area contributed by atoms with Gasteiger partial charge >= 0.3 is 30.0 Å². The summed E-state index contributed by atoms with van der Waals surface area (Å²) in [5, 5.41) is 26.6. The number of ether oxygens (including phenoxy) is 5. The Bertz CT molecular complexity index is 3050. The van der Waals surface area contributed by atoms with E-state index in [1.54, 1.807) is 39.8 Å². The number of alkyl carbamates (subject to hydrolysis) is 1. The van der Waals surface area contributed by atoms with Crippen molar-refractivity contribution in [1.82, 2.24) is 16.0 Å². The summed E-state index contributed by atoms with van der Waals surface area (Å²) in [7, 11) is 0. The zero-order valence-corrected chi connectivity index (χ0v) is 48.2. The van der Waals surface area contributed by atoms with E-state index >= 15 is 0 Å². The van der Waals surface area contributed by atoms with Crippen molar-refractivity contribution in [3.8, 4) is 0 Å². The highest BCUT2D eigenvalue weighted by atomic mass is 16.6. The van der Waals surface area contributed by atoms with Crippen LogP contribution in [-0.2, 0) is 97.7 Å². The molecule has 5 atom stereocenters. The van der Waals surface area contributed by atoms with Crippen LogP contribution in [0.5, 0.6) is 0 Å². The Labute approximate surface area is 492 Å². The molecule has 0 saturated heterocycles. The first kappa shape index (κ1) is 66.5. The van der Waals surface area contributed by atoms with Crippen molar-refractivity contribution >= 4 is 64.9 Å². The van der Waals surface area contributed by atoms with Crippen molar-refractivity contribution in [3.63, 3.8) is 0 Å². The number of carbonyl (C=O) groups is 11. The maximum Gasteiger partial charge on any atom is 0.408 e. The predicted molar refractivity (Wildman–Crippen MR) is 306 cm³/mol. The molecule has 2 aliphatic heterocycles. The van der Waals surface area contributed by atoms with Gasteiger partial charge < -0.3 is 49.8 Å². The number of Topliss-reactive ketones (excluding diaryl/α,β-unsaturated/α-hetero) is 4. The van der Waals surface area contributed by atoms with E-state index in [0.29, 0.717) is 17.8 Å². The number of hydrogen-bond donors (Lipinski definition) is 5. The smallest absolute Gasteiger partial charge is 0.408 e. The molecule has 0 unspecified atom stereocenters. The van der Waals surface area contributed by atoms with Crippen LogP contribution in [0.25, 0.3) is 0 Å². The first-order valence-corrected chi connectivity index (χ1v) is 27.8. The molecule has 4 aromatic rings. The van der Waals surface area contributed by atoms with E-state index in [1.165, 1.54) is 6.92 Å². The van der Waals surface area contributed by atoms with Crippen molar-refractivity contribution < 1.29 is 86.6 Å². The van der Waals surface area contributed by atoms with Crippen LogP contribution in [0.2, 0.25) is 0 Å². The van der Waals surface area contributed by atoms with E-state index in [0.717, 1.165) is 22.3 Å². The molecule has 2 aliphatic rings. The number of rotatable bonds is 33. The average molecular weight is 1170 g/mol. The van der Waals surface area contributed by atoms with Crippen LogP contribution in [0.15, 0.2) is 144 Å². The van der Waals surface area contributed by atoms with Gasteiger partial charge in [0, 0.05) is 37.5 Å². The molecule has 21 nitrogen and oxygen atoms in total. The maximum absolute atomic E-state index is 13.1. The second-order valence-corrected chi connectivity index (χ2v) is 21.2. The number of carboxylic acid groups (broad SMARTS) is 2. The van der Waals surface area contributed by atoms with Gasteiger partial charge in [0.25, 0.3) is 5.91 Å². The van der Waals surface area contributed by atoms with Gasteiger partial charge in [-0.05, 0) is 41.0 Å². The summed E-state index contributed by atoms with van der Waals surface area (Å²) in [4.78, 5) is 138. The third kappa shape index (κ3) is 22.4. The highest BCUT2D eigenvalue weighted by Crippen LogP contribution is 2.25. The summed E-state index contributed by atoms with van der Waals surface area (Å²) in [6, 6.07) is 34.5. The van der Waals surface area contributed by atoms with Gasteiger partial charge in [0.1, 0.15) is 44.6 Å². The third-order valence-corrected chi connectivity index (χ3v) is 13.9. The van der Waals surface area contributed by atoms with Crippen molar-refractivity contribution in [3.05, 3.63) is 166 Å². The molecule has 0 radical (unpaired) electrons. The first-order chi connectivity index (χ1) is 40.6. The van der Waals surface area contributed by atoms with E-state index < -0.39 is 128 Å². The fraction of sp³-hybridized carbons (Fsp3) is 0.391. The fourth-order valence-electron chi connectivity index (χ4n) is 9.02. The maximum atomic E-state index is 13.1. The van der Waals surface area contributed by atoms with Gasteiger partial charge in [0.2, 0.25) is 5.91 Å². The van der Waals surface area contributed by atoms with Crippen LogP contribution < -0.4 is 16.0 Å². The van der Waals surface area contributed by atoms with Crippen molar-refractivity contribution in [2.45, 2.75) is 105 Å². The number of ketones is 4. The minimum absolute atomic E-state index is 0.0165. The fourth-order valence-corrected chi connectivity index (χ4v) is 9.02. The molecule has 452 valence electrons. The molecular formula is C64H73N3O18. The number of amides is 3. The second kappa shape index (κ2) is 33.7. The molecule has 0 aliphatic carbocycles. The molecule has 0 spiro atoms. The molecule has 0 bridgehead atoms. The first-order valence-electron chi connectivity index (χ1n) is 27.8. The van der Waals surface area contributed by atoms with E-state index in [1.807, 2.05) is 109 Å². The van der Waals surface area contributed by atoms with E-state index in [-0.39, 0.29) is 68.3 Å². The molecule has 2 heterocycles. The Morgan fingerprint density at radius 2 is 0.988 bits per heavy atom. The molecule has 21 heteroatoms. The third-order valence-electron chi connectivity index (χ3n) is 13.9. The topological polar surface area (TPSA) is 310 Å². The average Bonchev–Trinajstić information content (AvgIpc) is 4.29. The minimum atomic E-state index is -1.28. The van der Waals surface area contributed by atoms with Crippen LogP contribution in [0, 0.1) is 29.6 Å². The highest BCUT2D eigenvalue weighted by Gasteiger charge is 2.35. The zero-order valence-electron chi connectivity index (χ0n) is 48.2. The van der Waals surface area contributed by atoms with Crippen LogP contribution in [0.1, 0.15) is 89.0 Å². The normalized spacial score (nSPS) is 14.5. The van der Waals surface area contributed by atoms with E-state index in [9.17, 15) is 63.0 Å². The van der Waals surface area contributed by atoms with E-state index in [2.05, 4.69) is 16.0 Å². The lowest BCUT2D eigenvalue weighted by molar-refractivity contribution is -0.149. The monoisotopic (exact) mass is 1170 g/mol. The molecule has 6 rings (SSSR count). The largest absolute Gasteiger partial charge is 0.488 e. The van der Waals surface area contributed by atoms with Gasteiger partial charge in [-0.15, -0.1) is 0 Å². The Hall–Kier alpha value is -9.27.